The van der Waals surface area contributed by atoms with Crippen LogP contribution in [0.3, 0.4) is 0 Å². The van der Waals surface area contributed by atoms with Crippen molar-refractivity contribution in [3.8, 4) is 5.88 Å². The third kappa shape index (κ3) is 8.02. The molecule has 1 aromatic heterocycles. The minimum absolute atomic E-state index is 0.546. The number of aryl methyl sites for hydroxylation is 1. The normalized spacial score (nSPS) is 11.4. The summed E-state index contributed by atoms with van der Waals surface area (Å²) in [6, 6.07) is 4.02. The minimum atomic E-state index is 0.546. The van der Waals surface area contributed by atoms with Gasteiger partial charge >= 0.3 is 0 Å². The van der Waals surface area contributed by atoms with Gasteiger partial charge < -0.3 is 14.8 Å². The molecule has 0 fully saturated rings. The molecule has 0 saturated heterocycles. The van der Waals surface area contributed by atoms with Crippen LogP contribution in [0.1, 0.15) is 39.0 Å². The molecule has 0 aliphatic rings. The molecule has 0 spiro atoms. The lowest BCUT2D eigenvalue weighted by atomic mass is 10.2. The molecule has 4 heteroatoms. The molecule has 1 heterocycles. The van der Waals surface area contributed by atoms with Crippen molar-refractivity contribution >= 4 is 0 Å². The highest BCUT2D eigenvalue weighted by Crippen LogP contribution is 2.12. The Kier molecular flexibility index (Phi) is 8.31. The maximum atomic E-state index is 5.61. The molecule has 0 unspecified atom stereocenters. The van der Waals surface area contributed by atoms with Crippen LogP contribution in [0.2, 0.25) is 0 Å². The molecule has 0 aliphatic heterocycles. The Morgan fingerprint density at radius 2 is 1.86 bits per heavy atom. The molecule has 1 aromatic rings. The summed E-state index contributed by atoms with van der Waals surface area (Å²) in [5, 5.41) is 3.43. The van der Waals surface area contributed by atoms with Gasteiger partial charge in [-0.2, -0.15) is 0 Å². The maximum Gasteiger partial charge on any atom is 0.213 e. The van der Waals surface area contributed by atoms with E-state index in [1.807, 2.05) is 13.0 Å². The van der Waals surface area contributed by atoms with E-state index >= 15 is 0 Å². The van der Waals surface area contributed by atoms with Crippen molar-refractivity contribution in [1.29, 1.82) is 0 Å². The monoisotopic (exact) mass is 294 g/mol. The van der Waals surface area contributed by atoms with Gasteiger partial charge in [-0.15, -0.1) is 0 Å². The second-order valence-electron chi connectivity index (χ2n) is 6.24. The standard InChI is InChI=1S/C17H30N2O2/c1-13(2)10-18-11-16-6-7-17(19-15(16)5)21-9-8-20-12-14(3)4/h6-7,13-14,18H,8-12H2,1-5H3. The molecule has 0 aliphatic carbocycles. The third-order valence-electron chi connectivity index (χ3n) is 2.97. The van der Waals surface area contributed by atoms with Gasteiger partial charge in [0.1, 0.15) is 6.61 Å². The first-order valence-electron chi connectivity index (χ1n) is 7.86. The second-order valence-corrected chi connectivity index (χ2v) is 6.24. The Balaban J connectivity index is 2.32. The van der Waals surface area contributed by atoms with Gasteiger partial charge in [-0.3, -0.25) is 0 Å². The molecule has 0 radical (unpaired) electrons. The summed E-state index contributed by atoms with van der Waals surface area (Å²) < 4.78 is 11.1. The van der Waals surface area contributed by atoms with Crippen molar-refractivity contribution in [3.05, 3.63) is 23.4 Å². The molecule has 1 rings (SSSR count). The van der Waals surface area contributed by atoms with Crippen LogP contribution in [0.15, 0.2) is 12.1 Å². The van der Waals surface area contributed by atoms with Crippen LogP contribution in [-0.4, -0.2) is 31.3 Å². The first-order chi connectivity index (χ1) is 9.99. The maximum absolute atomic E-state index is 5.61. The van der Waals surface area contributed by atoms with Crippen LogP contribution in [-0.2, 0) is 11.3 Å². The third-order valence-corrected chi connectivity index (χ3v) is 2.97. The van der Waals surface area contributed by atoms with Crippen LogP contribution in [0.4, 0.5) is 0 Å². The second kappa shape index (κ2) is 9.74. The van der Waals surface area contributed by atoms with Crippen molar-refractivity contribution in [2.75, 3.05) is 26.4 Å². The Morgan fingerprint density at radius 3 is 2.48 bits per heavy atom. The Hall–Kier alpha value is -1.13. The number of pyridine rings is 1. The van der Waals surface area contributed by atoms with Crippen LogP contribution >= 0.6 is 0 Å². The van der Waals surface area contributed by atoms with Crippen molar-refractivity contribution in [2.45, 2.75) is 41.2 Å². The van der Waals surface area contributed by atoms with E-state index in [-0.39, 0.29) is 0 Å². The molecular formula is C17H30N2O2. The number of hydrogen-bond donors (Lipinski definition) is 1. The highest BCUT2D eigenvalue weighted by molar-refractivity contribution is 5.24. The number of nitrogens with one attached hydrogen (secondary N) is 1. The summed E-state index contributed by atoms with van der Waals surface area (Å²) >= 11 is 0. The van der Waals surface area contributed by atoms with Crippen LogP contribution in [0, 0.1) is 18.8 Å². The van der Waals surface area contributed by atoms with E-state index in [1.54, 1.807) is 0 Å². The van der Waals surface area contributed by atoms with Gasteiger partial charge in [-0.05, 0) is 30.9 Å². The predicted molar refractivity (Wildman–Crippen MR) is 86.7 cm³/mol. The van der Waals surface area contributed by atoms with Gasteiger partial charge in [-0.1, -0.05) is 33.8 Å². The Labute approximate surface area is 129 Å². The number of rotatable bonds is 10. The van der Waals surface area contributed by atoms with Crippen molar-refractivity contribution in [2.24, 2.45) is 11.8 Å². The molecule has 0 saturated carbocycles. The molecule has 0 amide bonds. The number of hydrogen-bond acceptors (Lipinski definition) is 4. The van der Waals surface area contributed by atoms with Gasteiger partial charge in [-0.25, -0.2) is 4.98 Å². The van der Waals surface area contributed by atoms with E-state index in [9.17, 15) is 0 Å². The van der Waals surface area contributed by atoms with E-state index in [2.05, 4.69) is 44.1 Å². The lowest BCUT2D eigenvalue weighted by Gasteiger charge is -2.11. The summed E-state index contributed by atoms with van der Waals surface area (Å²) in [5.74, 6) is 1.89. The first-order valence-corrected chi connectivity index (χ1v) is 7.86. The molecule has 0 atom stereocenters. The van der Waals surface area contributed by atoms with Crippen molar-refractivity contribution in [3.63, 3.8) is 0 Å². The van der Waals surface area contributed by atoms with E-state index in [1.165, 1.54) is 5.56 Å². The van der Waals surface area contributed by atoms with Gasteiger partial charge in [0.05, 0.1) is 6.61 Å². The zero-order valence-corrected chi connectivity index (χ0v) is 14.1. The van der Waals surface area contributed by atoms with Gasteiger partial charge in [0.25, 0.3) is 0 Å². The van der Waals surface area contributed by atoms with E-state index in [4.69, 9.17) is 9.47 Å². The Morgan fingerprint density at radius 1 is 1.10 bits per heavy atom. The first kappa shape index (κ1) is 17.9. The summed E-state index contributed by atoms with van der Waals surface area (Å²) in [6.45, 7) is 14.5. The van der Waals surface area contributed by atoms with Gasteiger partial charge in [0.15, 0.2) is 0 Å². The summed E-state index contributed by atoms with van der Waals surface area (Å²) in [7, 11) is 0. The highest BCUT2D eigenvalue weighted by atomic mass is 16.5. The predicted octanol–water partition coefficient (Wildman–Crippen LogP) is 3.19. The zero-order valence-electron chi connectivity index (χ0n) is 14.1. The molecule has 0 bridgehead atoms. The largest absolute Gasteiger partial charge is 0.475 e. The minimum Gasteiger partial charge on any atom is -0.475 e. The van der Waals surface area contributed by atoms with E-state index in [0.717, 1.165) is 25.4 Å². The topological polar surface area (TPSA) is 43.4 Å². The lowest BCUT2D eigenvalue weighted by Crippen LogP contribution is -2.19. The number of aromatic nitrogens is 1. The molecule has 4 nitrogen and oxygen atoms in total. The zero-order chi connectivity index (χ0) is 15.7. The summed E-state index contributed by atoms with van der Waals surface area (Å²) in [4.78, 5) is 4.49. The fraction of sp³-hybridized carbons (Fsp3) is 0.706. The van der Waals surface area contributed by atoms with Crippen molar-refractivity contribution in [1.82, 2.24) is 10.3 Å². The van der Waals surface area contributed by atoms with Crippen LogP contribution in [0.25, 0.3) is 0 Å². The molecular weight excluding hydrogens is 264 g/mol. The fourth-order valence-corrected chi connectivity index (χ4v) is 1.85. The molecule has 21 heavy (non-hydrogen) atoms. The number of ether oxygens (including phenoxy) is 2. The smallest absolute Gasteiger partial charge is 0.213 e. The summed E-state index contributed by atoms with van der Waals surface area (Å²) in [5.41, 5.74) is 2.24. The van der Waals surface area contributed by atoms with Crippen LogP contribution in [0.5, 0.6) is 5.88 Å². The SMILES string of the molecule is Cc1nc(OCCOCC(C)C)ccc1CNCC(C)C. The van der Waals surface area contributed by atoms with Crippen molar-refractivity contribution < 1.29 is 9.47 Å². The molecule has 1 N–H and O–H groups in total. The quantitative estimate of drug-likeness (QED) is 0.673. The number of nitrogens with zero attached hydrogens (tertiary/aromatic N) is 1. The van der Waals surface area contributed by atoms with Gasteiger partial charge in [0, 0.05) is 24.9 Å². The van der Waals surface area contributed by atoms with Gasteiger partial charge in [0.2, 0.25) is 5.88 Å². The summed E-state index contributed by atoms with van der Waals surface area (Å²) in [6.07, 6.45) is 0. The van der Waals surface area contributed by atoms with E-state index < -0.39 is 0 Å². The average molecular weight is 294 g/mol. The molecule has 0 aromatic carbocycles. The molecule has 120 valence electrons. The van der Waals surface area contributed by atoms with Crippen LogP contribution < -0.4 is 10.1 Å². The lowest BCUT2D eigenvalue weighted by molar-refractivity contribution is 0.0806. The highest BCUT2D eigenvalue weighted by Gasteiger charge is 2.03. The fourth-order valence-electron chi connectivity index (χ4n) is 1.85. The average Bonchev–Trinajstić information content (AvgIpc) is 2.40. The van der Waals surface area contributed by atoms with E-state index in [0.29, 0.717) is 30.9 Å². The Bertz CT molecular complexity index is 406.